The van der Waals surface area contributed by atoms with E-state index in [0.29, 0.717) is 13.2 Å². The molecule has 8 aromatic rings. The molecule has 0 saturated carbocycles. The second-order valence-corrected chi connectivity index (χ2v) is 22.9. The van der Waals surface area contributed by atoms with Crippen molar-refractivity contribution >= 4 is 58.4 Å². The fourth-order valence-corrected chi connectivity index (χ4v) is 16.7. The third kappa shape index (κ3) is 6.73. The number of hydrogen-bond donors (Lipinski definition) is 0. The molecule has 2 fully saturated rings. The van der Waals surface area contributed by atoms with E-state index >= 15 is 0 Å². The van der Waals surface area contributed by atoms with Crippen LogP contribution < -0.4 is 0 Å². The van der Waals surface area contributed by atoms with Crippen molar-refractivity contribution in [3.63, 3.8) is 0 Å². The topological polar surface area (TPSA) is 64.6 Å². The van der Waals surface area contributed by atoms with Crippen molar-refractivity contribution in [3.8, 4) is 6.07 Å². The lowest BCUT2D eigenvalue weighted by atomic mass is 9.66. The van der Waals surface area contributed by atoms with Gasteiger partial charge >= 0.3 is 13.5 Å². The molecule has 0 bridgehead atoms. The molecule has 6 aromatic carbocycles. The van der Waals surface area contributed by atoms with Crippen LogP contribution in [0.1, 0.15) is 128 Å². The Morgan fingerprint density at radius 3 is 0.904 bits per heavy atom. The van der Waals surface area contributed by atoms with Gasteiger partial charge in [0.15, 0.2) is 0 Å². The summed E-state index contributed by atoms with van der Waals surface area (Å²) in [5.41, 5.74) is 32.2. The normalized spacial score (nSPS) is 21.4. The highest BCUT2D eigenvalue weighted by Gasteiger charge is 2.67. The first-order chi connectivity index (χ1) is 41.1. The second kappa shape index (κ2) is 19.2. The van der Waals surface area contributed by atoms with Crippen molar-refractivity contribution in [2.75, 3.05) is 13.2 Å². The quantitative estimate of drug-likeness (QED) is 0.128. The molecule has 404 valence electrons. The number of nitriles is 1. The Labute approximate surface area is 486 Å². The maximum absolute atomic E-state index is 7.32. The SMILES string of the molecule is CC#N.CCO[B@@-]12N3C4=C(c5ccccc5)C5=[N+]1C(=C(c1ccccc1)c1ccc(n12)C(c1ccccc1)=C3CC4)CC5.CCO[B@@-]12N3C4=C(c5ccccc5)C5=[N+]1C(=C(c1ccccc1)c1ccc(n12)C(c1ccccc1)=C3CC4)CC5. The number of rotatable bonds is 10. The molecule has 11 heteroatoms. The third-order valence-electron chi connectivity index (χ3n) is 19.1. The van der Waals surface area contributed by atoms with E-state index < -0.39 is 13.5 Å². The molecule has 2 saturated heterocycles. The molecule has 0 radical (unpaired) electrons. The van der Waals surface area contributed by atoms with E-state index in [9.17, 15) is 0 Å². The molecule has 0 unspecified atom stereocenters. The summed E-state index contributed by atoms with van der Waals surface area (Å²) in [5, 5.41) is 7.32. The zero-order valence-corrected chi connectivity index (χ0v) is 47.3. The van der Waals surface area contributed by atoms with E-state index in [2.05, 4.69) is 248 Å². The van der Waals surface area contributed by atoms with Gasteiger partial charge in [-0.25, -0.2) is 0 Å². The van der Waals surface area contributed by atoms with Gasteiger partial charge in [-0.1, -0.05) is 182 Å². The largest absolute Gasteiger partial charge is 0.631 e. The van der Waals surface area contributed by atoms with Crippen LogP contribution in [0.5, 0.6) is 0 Å². The maximum Gasteiger partial charge on any atom is 0.631 e. The average Bonchev–Trinajstić information content (AvgIpc) is 1.68. The monoisotopic (exact) mass is 1080 g/mol. The van der Waals surface area contributed by atoms with Crippen LogP contribution in [0.4, 0.5) is 0 Å². The Bertz CT molecular complexity index is 4080. The number of aromatic nitrogens is 2. The van der Waals surface area contributed by atoms with Gasteiger partial charge < -0.3 is 36.9 Å². The van der Waals surface area contributed by atoms with Gasteiger partial charge in [-0.15, -0.1) is 0 Å². The number of allylic oxidation sites excluding steroid dienone is 8. The molecule has 9 nitrogen and oxygen atoms in total. The number of benzene rings is 6. The molecule has 0 N–H and O–H groups in total. The van der Waals surface area contributed by atoms with Crippen LogP contribution in [-0.4, -0.2) is 65.7 Å². The van der Waals surface area contributed by atoms with Crippen LogP contribution in [0.3, 0.4) is 0 Å². The Morgan fingerprint density at radius 1 is 0.361 bits per heavy atom. The molecule has 12 heterocycles. The van der Waals surface area contributed by atoms with Gasteiger partial charge in [0.05, 0.1) is 28.4 Å². The molecular weight excluding hydrogens is 1020 g/mol. The molecule has 2 aromatic heterocycles. The fraction of sp³-hybridized carbons (Fsp3) is 0.181. The smallest absolute Gasteiger partial charge is 0.490 e. The molecule has 10 aliphatic rings. The summed E-state index contributed by atoms with van der Waals surface area (Å²) >= 11 is 0. The zero-order valence-electron chi connectivity index (χ0n) is 47.3. The Balaban J connectivity index is 0.000000130. The van der Waals surface area contributed by atoms with Crippen LogP contribution in [0.2, 0.25) is 0 Å². The molecule has 0 spiro atoms. The highest BCUT2D eigenvalue weighted by Crippen LogP contribution is 2.59. The average molecular weight is 1080 g/mol. The highest BCUT2D eigenvalue weighted by atomic mass is 16.5. The summed E-state index contributed by atoms with van der Waals surface area (Å²) in [7, 11) is 0. The maximum atomic E-state index is 7.32. The number of nitrogens with zero attached hydrogens (tertiary/aromatic N) is 7. The van der Waals surface area contributed by atoms with E-state index in [1.165, 1.54) is 142 Å². The zero-order chi connectivity index (χ0) is 55.6. The lowest BCUT2D eigenvalue weighted by Crippen LogP contribution is -2.72. The molecule has 18 rings (SSSR count). The van der Waals surface area contributed by atoms with Gasteiger partial charge in [0.1, 0.15) is 22.8 Å². The van der Waals surface area contributed by atoms with Gasteiger partial charge in [0.25, 0.3) is 0 Å². The number of hydrogen-bond acceptors (Lipinski definition) is 5. The van der Waals surface area contributed by atoms with Crippen LogP contribution in [0.25, 0.3) is 33.4 Å². The van der Waals surface area contributed by atoms with Gasteiger partial charge in [-0.3, -0.25) is 0 Å². The van der Waals surface area contributed by atoms with Crippen LogP contribution in [0.15, 0.2) is 240 Å². The van der Waals surface area contributed by atoms with Crippen molar-refractivity contribution in [2.45, 2.75) is 72.1 Å². The molecule has 10 aliphatic heterocycles. The van der Waals surface area contributed by atoms with Gasteiger partial charge in [0.2, 0.25) is 0 Å². The van der Waals surface area contributed by atoms with Crippen molar-refractivity contribution in [1.29, 1.82) is 5.26 Å². The van der Waals surface area contributed by atoms with E-state index in [4.69, 9.17) is 14.6 Å². The van der Waals surface area contributed by atoms with Crippen molar-refractivity contribution in [1.82, 2.24) is 18.6 Å². The lowest BCUT2D eigenvalue weighted by molar-refractivity contribution is -0.375. The van der Waals surface area contributed by atoms with Crippen LogP contribution >= 0.6 is 0 Å². The predicted molar refractivity (Wildman–Crippen MR) is 333 cm³/mol. The van der Waals surface area contributed by atoms with Crippen LogP contribution in [-0.2, 0) is 9.31 Å². The third-order valence-corrected chi connectivity index (χ3v) is 19.1. The summed E-state index contributed by atoms with van der Waals surface area (Å²) in [6.45, 7) is 3.57. The molecule has 83 heavy (non-hydrogen) atoms. The van der Waals surface area contributed by atoms with E-state index in [1.807, 2.05) is 0 Å². The van der Waals surface area contributed by atoms with Crippen molar-refractivity contribution in [3.05, 3.63) is 297 Å². The fourth-order valence-electron chi connectivity index (χ4n) is 16.7. The first-order valence-corrected chi connectivity index (χ1v) is 30.0. The first-order valence-electron chi connectivity index (χ1n) is 30.0. The Hall–Kier alpha value is -9.20. The summed E-state index contributed by atoms with van der Waals surface area (Å²) in [6.07, 6.45) is 8.14. The standard InChI is InChI=1S/2C35H30BN3O.C2H3N/c2*1-2-40-36-37-27-18-20-29(37)34(25-14-8-4-9-15-25)31-22-23-32(39(31)36)35(26-16-10-5-11-17-26)30-21-19-28(38(30)36)33(27)24-12-6-3-7-13-24;1-2-3/h2*3-18,20H,2,19,21-23H2,1H3;1H3. The van der Waals surface area contributed by atoms with Gasteiger partial charge in [-0.05, 0) is 109 Å². The van der Waals surface area contributed by atoms with Gasteiger partial charge in [0, 0.05) is 91.1 Å². The van der Waals surface area contributed by atoms with Crippen LogP contribution in [0, 0.1) is 11.3 Å². The lowest BCUT2D eigenvalue weighted by Gasteiger charge is -2.55. The molecule has 0 amide bonds. The summed E-state index contributed by atoms with van der Waals surface area (Å²) in [5.74, 6) is 0. The highest BCUT2D eigenvalue weighted by molar-refractivity contribution is 6.67. The minimum atomic E-state index is -1.73. The summed E-state index contributed by atoms with van der Waals surface area (Å²) in [6, 6.07) is 77.1. The summed E-state index contributed by atoms with van der Waals surface area (Å²) in [4.78, 5) is 5.31. The summed E-state index contributed by atoms with van der Waals surface area (Å²) < 4.78 is 24.8. The van der Waals surface area contributed by atoms with E-state index in [1.54, 1.807) is 6.07 Å². The minimum absolute atomic E-state index is 0.646. The first kappa shape index (κ1) is 49.6. The van der Waals surface area contributed by atoms with E-state index in [0.717, 1.165) is 51.4 Å². The Kier molecular flexibility index (Phi) is 11.5. The van der Waals surface area contributed by atoms with Gasteiger partial charge in [-0.2, -0.15) is 5.26 Å². The van der Waals surface area contributed by atoms with E-state index in [-0.39, 0.29) is 0 Å². The van der Waals surface area contributed by atoms with Crippen molar-refractivity contribution in [2.24, 2.45) is 0 Å². The molecular formula is C72H63B2N7O2. The predicted octanol–water partition coefficient (Wildman–Crippen LogP) is 14.8. The molecule has 2 atom stereocenters. The Morgan fingerprint density at radius 2 is 0.614 bits per heavy atom. The van der Waals surface area contributed by atoms with Crippen molar-refractivity contribution < 1.29 is 18.3 Å². The minimum Gasteiger partial charge on any atom is -0.490 e. The molecule has 0 aliphatic carbocycles. The second-order valence-electron chi connectivity index (χ2n) is 22.9.